The van der Waals surface area contributed by atoms with Crippen molar-refractivity contribution in [1.29, 1.82) is 0 Å². The highest BCUT2D eigenvalue weighted by Gasteiger charge is 2.50. The molecule has 0 bridgehead atoms. The van der Waals surface area contributed by atoms with Crippen molar-refractivity contribution in [1.82, 2.24) is 0 Å². The number of allylic oxidation sites excluding steroid dienone is 4. The molecular weight excluding hydrogens is 901 g/mol. The molecule has 1 heterocycles. The number of carbonyl (C=O) groups is 4. The fourth-order valence-corrected chi connectivity index (χ4v) is 8.95. The average Bonchev–Trinajstić information content (AvgIpc) is 3.35. The molecule has 0 aromatic heterocycles. The zero-order valence-electron chi connectivity index (χ0n) is 45.5. The van der Waals surface area contributed by atoms with Gasteiger partial charge in [0.1, 0.15) is 18.8 Å². The number of unbranched alkanes of at least 4 members (excludes halogenated alkanes) is 32. The lowest BCUT2D eigenvalue weighted by atomic mass is 9.98. The highest BCUT2D eigenvalue weighted by Crippen LogP contribution is 2.26. The van der Waals surface area contributed by atoms with Crippen LogP contribution in [0.25, 0.3) is 0 Å². The maximum absolute atomic E-state index is 13.1. The Morgan fingerprint density at radius 3 is 1.21 bits per heavy atom. The van der Waals surface area contributed by atoms with Gasteiger partial charge in [0.2, 0.25) is 0 Å². The molecule has 0 aromatic rings. The van der Waals surface area contributed by atoms with Crippen LogP contribution in [0.2, 0.25) is 0 Å². The predicted octanol–water partition coefficient (Wildman–Crippen LogP) is 14.7. The smallest absolute Gasteiger partial charge is 0.335 e. The molecule has 1 aliphatic rings. The number of ether oxygens (including phenoxy) is 5. The van der Waals surface area contributed by atoms with Crippen molar-refractivity contribution in [2.24, 2.45) is 0 Å². The fraction of sp³-hybridized carbons (Fsp3) is 0.864. The minimum absolute atomic E-state index is 0.0543. The van der Waals surface area contributed by atoms with E-state index >= 15 is 0 Å². The van der Waals surface area contributed by atoms with Crippen molar-refractivity contribution >= 4 is 23.9 Å². The third-order valence-electron chi connectivity index (χ3n) is 13.5. The summed E-state index contributed by atoms with van der Waals surface area (Å²) in [6.07, 6.45) is 41.7. The quantitative estimate of drug-likeness (QED) is 0.0228. The highest BCUT2D eigenvalue weighted by molar-refractivity contribution is 5.74. The normalized spacial score (nSPS) is 18.6. The molecule has 414 valence electrons. The number of aliphatic hydroxyl groups excluding tert-OH is 2. The molecule has 6 unspecified atom stereocenters. The summed E-state index contributed by atoms with van der Waals surface area (Å²) in [5.74, 6) is -3.11. The first-order chi connectivity index (χ1) is 34.6. The Kier molecular flexibility index (Phi) is 44.9. The van der Waals surface area contributed by atoms with E-state index in [1.165, 1.54) is 141 Å². The SMILES string of the molecule is CCCCCC/C=C\CCCCCCCC(=O)OC1C(OCC(COC(=O)CCCCCCCCCCC/C=C\CCCCCCCC)OC(=O)CCCCCCCCCCC)OC(C(=O)O)C(O)C1O. The van der Waals surface area contributed by atoms with Gasteiger partial charge in [0.05, 0.1) is 6.61 Å². The van der Waals surface area contributed by atoms with Crippen LogP contribution < -0.4 is 0 Å². The zero-order chi connectivity index (χ0) is 51.8. The number of aliphatic carboxylic acids is 1. The van der Waals surface area contributed by atoms with Crippen molar-refractivity contribution in [2.45, 2.75) is 314 Å². The molecule has 3 N–H and O–H groups in total. The van der Waals surface area contributed by atoms with E-state index < -0.39 is 67.3 Å². The molecule has 12 nitrogen and oxygen atoms in total. The van der Waals surface area contributed by atoms with Crippen molar-refractivity contribution in [2.75, 3.05) is 13.2 Å². The van der Waals surface area contributed by atoms with Gasteiger partial charge in [0.25, 0.3) is 0 Å². The summed E-state index contributed by atoms with van der Waals surface area (Å²) in [5.41, 5.74) is 0. The Labute approximate surface area is 432 Å². The van der Waals surface area contributed by atoms with Crippen LogP contribution >= 0.6 is 0 Å². The van der Waals surface area contributed by atoms with Gasteiger partial charge in [-0.2, -0.15) is 0 Å². The standard InChI is InChI=1S/C59H106O12/c1-4-7-10-13-16-19-21-23-24-25-26-27-28-30-31-34-36-39-42-45-51(60)67-48-50(69-52(61)46-43-40-37-33-18-15-12-9-6-3)49-68-59-57(55(64)54(63)56(71-59)58(65)66)70-53(62)47-44-41-38-35-32-29-22-20-17-14-11-8-5-2/h20,22-24,50,54-57,59,63-64H,4-19,21,25-49H2,1-3H3,(H,65,66)/b22-20-,24-23-. The number of carbonyl (C=O) groups excluding carboxylic acids is 3. The summed E-state index contributed by atoms with van der Waals surface area (Å²) >= 11 is 0. The first-order valence-electron chi connectivity index (χ1n) is 29.3. The van der Waals surface area contributed by atoms with Gasteiger partial charge < -0.3 is 39.0 Å². The maximum Gasteiger partial charge on any atom is 0.335 e. The lowest BCUT2D eigenvalue weighted by Crippen LogP contribution is -2.61. The molecule has 0 aliphatic carbocycles. The van der Waals surface area contributed by atoms with Crippen LogP contribution in [0.4, 0.5) is 0 Å². The van der Waals surface area contributed by atoms with E-state index in [0.717, 1.165) is 77.0 Å². The summed E-state index contributed by atoms with van der Waals surface area (Å²) in [7, 11) is 0. The van der Waals surface area contributed by atoms with Gasteiger partial charge in [-0.1, -0.05) is 212 Å². The third kappa shape index (κ3) is 38.4. The van der Waals surface area contributed by atoms with E-state index in [1.807, 2.05) is 0 Å². The number of aliphatic hydroxyl groups is 2. The number of hydrogen-bond donors (Lipinski definition) is 3. The van der Waals surface area contributed by atoms with Crippen LogP contribution in [-0.4, -0.2) is 89.2 Å². The van der Waals surface area contributed by atoms with E-state index in [-0.39, 0.29) is 25.9 Å². The molecule has 0 amide bonds. The first kappa shape index (κ1) is 66.2. The summed E-state index contributed by atoms with van der Waals surface area (Å²) in [6.45, 7) is 5.95. The minimum atomic E-state index is -1.90. The van der Waals surface area contributed by atoms with Gasteiger partial charge in [-0.3, -0.25) is 14.4 Å². The molecule has 6 atom stereocenters. The number of esters is 3. The zero-order valence-corrected chi connectivity index (χ0v) is 45.5. The second-order valence-corrected chi connectivity index (χ2v) is 20.3. The lowest BCUT2D eigenvalue weighted by molar-refractivity contribution is -0.301. The van der Waals surface area contributed by atoms with Crippen LogP contribution in [0.1, 0.15) is 278 Å². The second kappa shape index (κ2) is 48.2. The van der Waals surface area contributed by atoms with Crippen LogP contribution in [0, 0.1) is 0 Å². The van der Waals surface area contributed by atoms with Gasteiger partial charge in [0, 0.05) is 19.3 Å². The van der Waals surface area contributed by atoms with Crippen molar-refractivity contribution < 1.29 is 58.2 Å². The monoisotopic (exact) mass is 1010 g/mol. The molecule has 0 spiro atoms. The summed E-state index contributed by atoms with van der Waals surface area (Å²) < 4.78 is 28.4. The predicted molar refractivity (Wildman–Crippen MR) is 285 cm³/mol. The van der Waals surface area contributed by atoms with Crippen LogP contribution in [0.5, 0.6) is 0 Å². The second-order valence-electron chi connectivity index (χ2n) is 20.3. The fourth-order valence-electron chi connectivity index (χ4n) is 8.95. The van der Waals surface area contributed by atoms with E-state index in [0.29, 0.717) is 19.3 Å². The van der Waals surface area contributed by atoms with E-state index in [2.05, 4.69) is 45.1 Å². The molecule has 0 aromatic carbocycles. The first-order valence-corrected chi connectivity index (χ1v) is 29.3. The van der Waals surface area contributed by atoms with Gasteiger partial charge >= 0.3 is 23.9 Å². The van der Waals surface area contributed by atoms with E-state index in [9.17, 15) is 34.5 Å². The van der Waals surface area contributed by atoms with Crippen LogP contribution in [0.3, 0.4) is 0 Å². The van der Waals surface area contributed by atoms with Crippen molar-refractivity contribution in [3.8, 4) is 0 Å². The molecule has 1 aliphatic heterocycles. The number of carboxylic acid groups (broad SMARTS) is 1. The summed E-state index contributed by atoms with van der Waals surface area (Å²) in [5, 5.41) is 31.4. The number of carboxylic acids is 1. The van der Waals surface area contributed by atoms with E-state index in [4.69, 9.17) is 23.7 Å². The molecular formula is C59H106O12. The Balaban J connectivity index is 2.62. The summed E-state index contributed by atoms with van der Waals surface area (Å²) in [6, 6.07) is 0. The third-order valence-corrected chi connectivity index (χ3v) is 13.5. The number of hydrogen-bond acceptors (Lipinski definition) is 11. The van der Waals surface area contributed by atoms with Crippen LogP contribution in [-0.2, 0) is 42.9 Å². The average molecular weight is 1010 g/mol. The highest BCUT2D eigenvalue weighted by atomic mass is 16.7. The topological polar surface area (TPSA) is 175 Å². The van der Waals surface area contributed by atoms with E-state index in [1.54, 1.807) is 0 Å². The molecule has 1 fully saturated rings. The molecule has 1 rings (SSSR count). The Morgan fingerprint density at radius 2 is 0.803 bits per heavy atom. The molecule has 0 saturated carbocycles. The Hall–Kier alpha value is -2.80. The van der Waals surface area contributed by atoms with Crippen molar-refractivity contribution in [3.63, 3.8) is 0 Å². The van der Waals surface area contributed by atoms with Crippen LogP contribution in [0.15, 0.2) is 24.3 Å². The van der Waals surface area contributed by atoms with Gasteiger partial charge in [-0.05, 0) is 70.6 Å². The van der Waals surface area contributed by atoms with Gasteiger partial charge in [-0.25, -0.2) is 4.79 Å². The lowest BCUT2D eigenvalue weighted by Gasteiger charge is -2.40. The summed E-state index contributed by atoms with van der Waals surface area (Å²) in [4.78, 5) is 50.9. The van der Waals surface area contributed by atoms with Crippen molar-refractivity contribution in [3.05, 3.63) is 24.3 Å². The molecule has 12 heteroatoms. The Morgan fingerprint density at radius 1 is 0.451 bits per heavy atom. The molecule has 0 radical (unpaired) electrons. The minimum Gasteiger partial charge on any atom is -0.479 e. The maximum atomic E-state index is 13.1. The molecule has 1 saturated heterocycles. The molecule has 71 heavy (non-hydrogen) atoms. The number of rotatable bonds is 50. The van der Waals surface area contributed by atoms with Gasteiger partial charge in [-0.15, -0.1) is 0 Å². The van der Waals surface area contributed by atoms with Gasteiger partial charge in [0.15, 0.2) is 24.6 Å². The Bertz CT molecular complexity index is 1340. The largest absolute Gasteiger partial charge is 0.479 e.